The summed E-state index contributed by atoms with van der Waals surface area (Å²) in [5.41, 5.74) is 1.85. The molecule has 0 aliphatic rings. The van der Waals surface area contributed by atoms with Crippen LogP contribution in [0.25, 0.3) is 10.9 Å². The smallest absolute Gasteiger partial charge is 0.261 e. The standard InChI is InChI=1S/C21H26N4O/c1-16(22-13-14-24(2)3)20-23-19-12-8-7-11-18(19)21(26)25(20)15-17-9-5-4-6-10-17/h4-12,16,22H,13-15H2,1-3H3/t16-/m0/s1. The van der Waals surface area contributed by atoms with E-state index in [2.05, 4.69) is 17.1 Å². The quantitative estimate of drug-likeness (QED) is 0.712. The van der Waals surface area contributed by atoms with Gasteiger partial charge in [0.15, 0.2) is 0 Å². The van der Waals surface area contributed by atoms with E-state index in [0.717, 1.165) is 30.0 Å². The van der Waals surface area contributed by atoms with Crippen LogP contribution in [0.1, 0.15) is 24.4 Å². The Morgan fingerprint density at radius 1 is 1.08 bits per heavy atom. The highest BCUT2D eigenvalue weighted by molar-refractivity contribution is 5.77. The van der Waals surface area contributed by atoms with Crippen molar-refractivity contribution in [3.05, 3.63) is 76.3 Å². The highest BCUT2D eigenvalue weighted by atomic mass is 16.1. The molecule has 0 radical (unpaired) electrons. The second-order valence-electron chi connectivity index (χ2n) is 6.84. The fraction of sp³-hybridized carbons (Fsp3) is 0.333. The van der Waals surface area contributed by atoms with Crippen LogP contribution < -0.4 is 10.9 Å². The molecule has 1 N–H and O–H groups in total. The van der Waals surface area contributed by atoms with Gasteiger partial charge in [0.2, 0.25) is 0 Å². The van der Waals surface area contributed by atoms with E-state index in [0.29, 0.717) is 11.9 Å². The Hall–Kier alpha value is -2.50. The molecule has 0 aliphatic heterocycles. The fourth-order valence-corrected chi connectivity index (χ4v) is 3.03. The molecule has 3 aromatic rings. The molecular weight excluding hydrogens is 324 g/mol. The number of hydrogen-bond acceptors (Lipinski definition) is 4. The van der Waals surface area contributed by atoms with Crippen molar-refractivity contribution in [1.82, 2.24) is 19.8 Å². The maximum atomic E-state index is 13.1. The molecule has 3 rings (SSSR count). The van der Waals surface area contributed by atoms with Gasteiger partial charge in [-0.2, -0.15) is 0 Å². The molecule has 136 valence electrons. The molecule has 0 spiro atoms. The van der Waals surface area contributed by atoms with Gasteiger partial charge in [-0.05, 0) is 38.7 Å². The summed E-state index contributed by atoms with van der Waals surface area (Å²) < 4.78 is 1.80. The van der Waals surface area contributed by atoms with Crippen molar-refractivity contribution in [1.29, 1.82) is 0 Å². The van der Waals surface area contributed by atoms with Gasteiger partial charge in [0.25, 0.3) is 5.56 Å². The number of hydrogen-bond donors (Lipinski definition) is 1. The van der Waals surface area contributed by atoms with Crippen LogP contribution in [-0.2, 0) is 6.54 Å². The van der Waals surface area contributed by atoms with Crippen LogP contribution in [0.2, 0.25) is 0 Å². The average molecular weight is 350 g/mol. The number of likely N-dealkylation sites (N-methyl/N-ethyl adjacent to an activating group) is 1. The summed E-state index contributed by atoms with van der Waals surface area (Å²) >= 11 is 0. The van der Waals surface area contributed by atoms with Gasteiger partial charge in [-0.25, -0.2) is 4.98 Å². The summed E-state index contributed by atoms with van der Waals surface area (Å²) in [7, 11) is 4.10. The van der Waals surface area contributed by atoms with Crippen molar-refractivity contribution in [3.63, 3.8) is 0 Å². The van der Waals surface area contributed by atoms with Crippen molar-refractivity contribution in [2.75, 3.05) is 27.2 Å². The van der Waals surface area contributed by atoms with Gasteiger partial charge in [-0.1, -0.05) is 42.5 Å². The average Bonchev–Trinajstić information content (AvgIpc) is 2.64. The van der Waals surface area contributed by atoms with Crippen LogP contribution in [-0.4, -0.2) is 41.6 Å². The first-order valence-electron chi connectivity index (χ1n) is 8.98. The zero-order valence-corrected chi connectivity index (χ0v) is 15.6. The van der Waals surface area contributed by atoms with Gasteiger partial charge in [0, 0.05) is 13.1 Å². The van der Waals surface area contributed by atoms with Crippen LogP contribution in [0.5, 0.6) is 0 Å². The van der Waals surface area contributed by atoms with Crippen LogP contribution in [0, 0.1) is 0 Å². The lowest BCUT2D eigenvalue weighted by atomic mass is 10.2. The Kier molecular flexibility index (Phi) is 5.81. The maximum absolute atomic E-state index is 13.1. The molecule has 0 saturated heterocycles. The van der Waals surface area contributed by atoms with E-state index in [4.69, 9.17) is 4.98 Å². The summed E-state index contributed by atoms with van der Waals surface area (Å²) in [5.74, 6) is 0.774. The largest absolute Gasteiger partial charge is 0.308 e. The third-order valence-electron chi connectivity index (χ3n) is 4.47. The van der Waals surface area contributed by atoms with Gasteiger partial charge in [-0.15, -0.1) is 0 Å². The zero-order chi connectivity index (χ0) is 18.5. The van der Waals surface area contributed by atoms with E-state index in [1.807, 2.05) is 68.7 Å². The number of rotatable bonds is 7. The highest BCUT2D eigenvalue weighted by Crippen LogP contribution is 2.15. The van der Waals surface area contributed by atoms with Gasteiger partial charge in [-0.3, -0.25) is 9.36 Å². The first kappa shape index (κ1) is 18.3. The molecule has 1 atom stereocenters. The molecule has 0 aliphatic carbocycles. The molecule has 0 bridgehead atoms. The predicted octanol–water partition coefficient (Wildman–Crippen LogP) is 2.66. The molecule has 0 fully saturated rings. The number of nitrogens with one attached hydrogen (secondary N) is 1. The first-order chi connectivity index (χ1) is 12.6. The SMILES string of the molecule is C[C@H](NCCN(C)C)c1nc2ccccc2c(=O)n1Cc1ccccc1. The minimum absolute atomic E-state index is 0.00992. The summed E-state index contributed by atoms with van der Waals surface area (Å²) in [4.78, 5) is 20.1. The van der Waals surface area contributed by atoms with Crippen LogP contribution >= 0.6 is 0 Å². The van der Waals surface area contributed by atoms with Crippen molar-refractivity contribution in [2.24, 2.45) is 0 Å². The summed E-state index contributed by atoms with van der Waals surface area (Å²) in [6.45, 7) is 4.35. The van der Waals surface area contributed by atoms with Gasteiger partial charge in [0.05, 0.1) is 23.5 Å². The number of benzene rings is 2. The zero-order valence-electron chi connectivity index (χ0n) is 15.6. The van der Waals surface area contributed by atoms with Crippen molar-refractivity contribution in [2.45, 2.75) is 19.5 Å². The van der Waals surface area contributed by atoms with Crippen LogP contribution in [0.15, 0.2) is 59.4 Å². The van der Waals surface area contributed by atoms with E-state index in [-0.39, 0.29) is 11.6 Å². The molecule has 5 heteroatoms. The normalized spacial score (nSPS) is 12.6. The second kappa shape index (κ2) is 8.25. The van der Waals surface area contributed by atoms with Crippen molar-refractivity contribution in [3.8, 4) is 0 Å². The third-order valence-corrected chi connectivity index (χ3v) is 4.47. The predicted molar refractivity (Wildman–Crippen MR) is 107 cm³/mol. The fourth-order valence-electron chi connectivity index (χ4n) is 3.03. The molecule has 0 saturated carbocycles. The van der Waals surface area contributed by atoms with E-state index in [1.54, 1.807) is 4.57 Å². The molecule has 1 aromatic heterocycles. The Labute approximate surface area is 154 Å². The Morgan fingerprint density at radius 2 is 1.77 bits per heavy atom. The minimum atomic E-state index is -0.0176. The lowest BCUT2D eigenvalue weighted by molar-refractivity contribution is 0.383. The molecule has 1 heterocycles. The minimum Gasteiger partial charge on any atom is -0.308 e. The Balaban J connectivity index is 2.01. The highest BCUT2D eigenvalue weighted by Gasteiger charge is 2.16. The van der Waals surface area contributed by atoms with Gasteiger partial charge in [0.1, 0.15) is 5.82 Å². The number of aromatic nitrogens is 2. The summed E-state index contributed by atoms with van der Waals surface area (Å²) in [5, 5.41) is 4.14. The van der Waals surface area contributed by atoms with E-state index in [1.165, 1.54) is 0 Å². The van der Waals surface area contributed by atoms with Crippen molar-refractivity contribution >= 4 is 10.9 Å². The topological polar surface area (TPSA) is 50.2 Å². The lowest BCUT2D eigenvalue weighted by Crippen LogP contribution is -2.34. The number of para-hydroxylation sites is 1. The third kappa shape index (κ3) is 4.18. The Morgan fingerprint density at radius 3 is 2.50 bits per heavy atom. The Bertz CT molecular complexity index is 918. The number of fused-ring (bicyclic) bond motifs is 1. The molecule has 2 aromatic carbocycles. The number of nitrogens with zero attached hydrogens (tertiary/aromatic N) is 3. The summed E-state index contributed by atoms with van der Waals surface area (Å²) in [6, 6.07) is 17.6. The van der Waals surface area contributed by atoms with Crippen LogP contribution in [0.3, 0.4) is 0 Å². The molecular formula is C21H26N4O. The molecule has 26 heavy (non-hydrogen) atoms. The molecule has 0 unspecified atom stereocenters. The lowest BCUT2D eigenvalue weighted by Gasteiger charge is -2.20. The molecule has 5 nitrogen and oxygen atoms in total. The van der Waals surface area contributed by atoms with E-state index >= 15 is 0 Å². The first-order valence-corrected chi connectivity index (χ1v) is 8.98. The van der Waals surface area contributed by atoms with E-state index in [9.17, 15) is 4.79 Å². The van der Waals surface area contributed by atoms with Crippen LogP contribution in [0.4, 0.5) is 0 Å². The van der Waals surface area contributed by atoms with E-state index < -0.39 is 0 Å². The molecule has 0 amide bonds. The monoisotopic (exact) mass is 350 g/mol. The van der Waals surface area contributed by atoms with Crippen molar-refractivity contribution < 1.29 is 0 Å². The van der Waals surface area contributed by atoms with Gasteiger partial charge >= 0.3 is 0 Å². The second-order valence-corrected chi connectivity index (χ2v) is 6.84. The summed E-state index contributed by atoms with van der Waals surface area (Å²) in [6.07, 6.45) is 0. The maximum Gasteiger partial charge on any atom is 0.261 e. The van der Waals surface area contributed by atoms with Gasteiger partial charge < -0.3 is 10.2 Å².